The zero-order chi connectivity index (χ0) is 29.9. The molecule has 0 atom stereocenters. The minimum Gasteiger partial charge on any atom is -0.507 e. The molecule has 0 saturated carbocycles. The Bertz CT molecular complexity index is 1860. The molecular formula is C30H30N2O7S2. The maximum atomic E-state index is 13.3. The number of carbonyl (C=O) groups excluding carboxylic acids is 1. The van der Waals surface area contributed by atoms with Gasteiger partial charge in [-0.2, -0.15) is 0 Å². The number of nitrogens with one attached hydrogen (secondary N) is 2. The molecule has 9 nitrogen and oxygen atoms in total. The smallest absolute Gasteiger partial charge is 0.340 e. The number of phenolic OH excluding ortho intramolecular Hbond substituents is 1. The molecular weight excluding hydrogens is 564 g/mol. The van der Waals surface area contributed by atoms with Gasteiger partial charge in [-0.05, 0) is 58.0 Å². The first kappa shape index (κ1) is 29.6. The van der Waals surface area contributed by atoms with E-state index in [1.54, 1.807) is 55.5 Å². The van der Waals surface area contributed by atoms with Crippen LogP contribution in [0.2, 0.25) is 0 Å². The molecule has 0 spiro atoms. The van der Waals surface area contributed by atoms with Crippen molar-refractivity contribution in [3.05, 3.63) is 101 Å². The summed E-state index contributed by atoms with van der Waals surface area (Å²) in [7, 11) is -8.19. The summed E-state index contributed by atoms with van der Waals surface area (Å²) in [6.07, 6.45) is 0. The van der Waals surface area contributed by atoms with Crippen LogP contribution in [0.4, 0.5) is 5.69 Å². The minimum atomic E-state index is -4.12. The van der Waals surface area contributed by atoms with Gasteiger partial charge >= 0.3 is 5.97 Å². The Balaban J connectivity index is 1.91. The van der Waals surface area contributed by atoms with Gasteiger partial charge in [0, 0.05) is 22.0 Å². The molecule has 3 N–H and O–H groups in total. The van der Waals surface area contributed by atoms with E-state index in [0.717, 1.165) is 11.1 Å². The van der Waals surface area contributed by atoms with Gasteiger partial charge in [0.1, 0.15) is 5.75 Å². The molecule has 0 radical (unpaired) electrons. The predicted octanol–water partition coefficient (Wildman–Crippen LogP) is 5.24. The Morgan fingerprint density at radius 3 is 1.85 bits per heavy atom. The SMILES string of the molecule is CCOC(=O)C(=C(C)NS(=O)(=O)c1ccc(C)cc1)c1cc(NS(=O)(=O)c2ccc(C)cc2)c2ccccc2c1O. The van der Waals surface area contributed by atoms with Crippen LogP contribution in [0.25, 0.3) is 16.3 Å². The van der Waals surface area contributed by atoms with Crippen LogP contribution in [0.5, 0.6) is 5.75 Å². The van der Waals surface area contributed by atoms with E-state index in [4.69, 9.17) is 4.74 Å². The lowest BCUT2D eigenvalue weighted by atomic mass is 9.97. The molecule has 0 aromatic heterocycles. The monoisotopic (exact) mass is 594 g/mol. The summed E-state index contributed by atoms with van der Waals surface area (Å²) in [4.78, 5) is 13.2. The average molecular weight is 595 g/mol. The number of phenols is 1. The third-order valence-electron chi connectivity index (χ3n) is 6.33. The van der Waals surface area contributed by atoms with Crippen molar-refractivity contribution in [2.45, 2.75) is 37.5 Å². The van der Waals surface area contributed by atoms with Gasteiger partial charge in [-0.25, -0.2) is 21.6 Å². The molecule has 0 aliphatic rings. The van der Waals surface area contributed by atoms with Crippen LogP contribution >= 0.6 is 0 Å². The predicted molar refractivity (Wildman–Crippen MR) is 158 cm³/mol. The molecule has 0 heterocycles. The fraction of sp³-hybridized carbons (Fsp3) is 0.167. The van der Waals surface area contributed by atoms with Gasteiger partial charge in [0.2, 0.25) is 0 Å². The fourth-order valence-corrected chi connectivity index (χ4v) is 6.44. The van der Waals surface area contributed by atoms with E-state index in [-0.39, 0.29) is 50.1 Å². The summed E-state index contributed by atoms with van der Waals surface area (Å²) < 4.78 is 63.1. The van der Waals surface area contributed by atoms with E-state index >= 15 is 0 Å². The van der Waals surface area contributed by atoms with Gasteiger partial charge in [0.15, 0.2) is 0 Å². The highest BCUT2D eigenvalue weighted by molar-refractivity contribution is 7.92. The molecule has 0 amide bonds. The van der Waals surface area contributed by atoms with Gasteiger partial charge in [0.25, 0.3) is 20.0 Å². The largest absolute Gasteiger partial charge is 0.507 e. The fourth-order valence-electron chi connectivity index (χ4n) is 4.25. The van der Waals surface area contributed by atoms with Crippen LogP contribution in [-0.4, -0.2) is 34.5 Å². The third kappa shape index (κ3) is 6.36. The standard InChI is InChI=1S/C30H30N2O7S2/c1-5-39-30(34)28(21(4)31-40(35,36)22-14-10-19(2)11-15-22)26-18-27(24-8-6-7-9-25(24)29(26)33)32-41(37,38)23-16-12-20(3)13-17-23/h6-18,31-33H,5H2,1-4H3. The first-order chi connectivity index (χ1) is 19.3. The van der Waals surface area contributed by atoms with Crippen LogP contribution in [-0.2, 0) is 29.6 Å². The summed E-state index contributed by atoms with van der Waals surface area (Å²) in [5, 5.41) is 11.9. The van der Waals surface area contributed by atoms with E-state index in [1.165, 1.54) is 37.3 Å². The van der Waals surface area contributed by atoms with Crippen LogP contribution in [0.3, 0.4) is 0 Å². The molecule has 0 saturated heterocycles. The molecule has 0 bridgehead atoms. The summed E-state index contributed by atoms with van der Waals surface area (Å²) >= 11 is 0. The molecule has 4 aromatic carbocycles. The molecule has 0 unspecified atom stereocenters. The van der Waals surface area contributed by atoms with E-state index in [9.17, 15) is 26.7 Å². The summed E-state index contributed by atoms with van der Waals surface area (Å²) in [6, 6.07) is 20.2. The number of sulfonamides is 2. The van der Waals surface area contributed by atoms with Crippen LogP contribution in [0.1, 0.15) is 30.5 Å². The number of carbonyl (C=O) groups is 1. The molecule has 4 aromatic rings. The second-order valence-corrected chi connectivity index (χ2v) is 12.8. The molecule has 41 heavy (non-hydrogen) atoms. The van der Waals surface area contributed by atoms with Crippen molar-refractivity contribution >= 4 is 48.0 Å². The van der Waals surface area contributed by atoms with Crippen molar-refractivity contribution in [1.29, 1.82) is 0 Å². The molecule has 214 valence electrons. The number of esters is 1. The van der Waals surface area contributed by atoms with Crippen LogP contribution in [0, 0.1) is 13.8 Å². The van der Waals surface area contributed by atoms with Crippen molar-refractivity contribution in [1.82, 2.24) is 4.72 Å². The van der Waals surface area contributed by atoms with Crippen molar-refractivity contribution in [3.63, 3.8) is 0 Å². The number of fused-ring (bicyclic) bond motifs is 1. The van der Waals surface area contributed by atoms with E-state index in [1.807, 2.05) is 13.8 Å². The number of benzene rings is 4. The van der Waals surface area contributed by atoms with Gasteiger partial charge in [-0.3, -0.25) is 9.44 Å². The lowest BCUT2D eigenvalue weighted by Gasteiger charge is -2.19. The topological polar surface area (TPSA) is 139 Å². The maximum Gasteiger partial charge on any atom is 0.340 e. The highest BCUT2D eigenvalue weighted by Gasteiger charge is 2.27. The van der Waals surface area contributed by atoms with Crippen LogP contribution < -0.4 is 9.44 Å². The lowest BCUT2D eigenvalue weighted by Crippen LogP contribution is -2.25. The van der Waals surface area contributed by atoms with Gasteiger partial charge in [0.05, 0.1) is 27.7 Å². The lowest BCUT2D eigenvalue weighted by molar-refractivity contribution is -0.136. The first-order valence-corrected chi connectivity index (χ1v) is 15.6. The number of ether oxygens (including phenoxy) is 1. The average Bonchev–Trinajstić information content (AvgIpc) is 2.91. The van der Waals surface area contributed by atoms with Crippen molar-refractivity contribution in [2.75, 3.05) is 11.3 Å². The number of rotatable bonds is 9. The summed E-state index contributed by atoms with van der Waals surface area (Å²) in [5.41, 5.74) is 1.31. The third-order valence-corrected chi connectivity index (χ3v) is 9.18. The number of hydrogen-bond donors (Lipinski definition) is 3. The molecule has 0 aliphatic heterocycles. The zero-order valence-corrected chi connectivity index (χ0v) is 24.6. The normalized spacial score (nSPS) is 12.5. The highest BCUT2D eigenvalue weighted by atomic mass is 32.2. The summed E-state index contributed by atoms with van der Waals surface area (Å²) in [6.45, 7) is 6.58. The second-order valence-electron chi connectivity index (χ2n) is 9.42. The van der Waals surface area contributed by atoms with E-state index in [0.29, 0.717) is 5.39 Å². The second kappa shape index (κ2) is 11.6. The molecule has 0 aliphatic carbocycles. The van der Waals surface area contributed by atoms with Gasteiger partial charge < -0.3 is 9.84 Å². The first-order valence-electron chi connectivity index (χ1n) is 12.7. The number of aromatic hydroxyl groups is 1. The van der Waals surface area contributed by atoms with Gasteiger partial charge in [-0.1, -0.05) is 59.7 Å². The van der Waals surface area contributed by atoms with Gasteiger partial charge in [-0.15, -0.1) is 0 Å². The molecule has 4 rings (SSSR count). The Morgan fingerprint density at radius 1 is 0.805 bits per heavy atom. The minimum absolute atomic E-state index is 0.0185. The van der Waals surface area contributed by atoms with Crippen molar-refractivity contribution in [3.8, 4) is 5.75 Å². The number of anilines is 1. The Kier molecular flexibility index (Phi) is 8.41. The molecule has 0 fully saturated rings. The zero-order valence-electron chi connectivity index (χ0n) is 22.9. The Hall–Kier alpha value is -4.35. The quantitative estimate of drug-likeness (QED) is 0.137. The Labute approximate surface area is 239 Å². The maximum absolute atomic E-state index is 13.3. The molecule has 11 heteroatoms. The van der Waals surface area contributed by atoms with Crippen molar-refractivity contribution in [2.24, 2.45) is 0 Å². The van der Waals surface area contributed by atoms with E-state index < -0.39 is 26.0 Å². The van der Waals surface area contributed by atoms with E-state index in [2.05, 4.69) is 9.44 Å². The Morgan fingerprint density at radius 2 is 1.32 bits per heavy atom. The highest BCUT2D eigenvalue weighted by Crippen LogP contribution is 2.40. The number of allylic oxidation sites excluding steroid dienone is 1. The number of aryl methyl sites for hydroxylation is 2. The van der Waals surface area contributed by atoms with Crippen LogP contribution in [0.15, 0.2) is 94.4 Å². The number of hydrogen-bond acceptors (Lipinski definition) is 7. The van der Waals surface area contributed by atoms with Crippen molar-refractivity contribution < 1.29 is 31.5 Å². The summed E-state index contributed by atoms with van der Waals surface area (Å²) in [5.74, 6) is -1.26.